The highest BCUT2D eigenvalue weighted by atomic mass is 16.5. The van der Waals surface area contributed by atoms with Gasteiger partial charge in [0.15, 0.2) is 0 Å². The van der Waals surface area contributed by atoms with Crippen LogP contribution in [0.4, 0.5) is 0 Å². The van der Waals surface area contributed by atoms with Gasteiger partial charge in [-0.05, 0) is 227 Å². The zero-order valence-corrected chi connectivity index (χ0v) is 81.5. The number of H-pyrrole nitrogens is 6. The maximum Gasteiger partial charge on any atom is 0.120 e. The number of nitrogens with one attached hydrogen (secondary N) is 6. The van der Waals surface area contributed by atoms with E-state index in [1.165, 1.54) is 11.0 Å². The van der Waals surface area contributed by atoms with Crippen molar-refractivity contribution in [2.24, 2.45) is 7.05 Å². The van der Waals surface area contributed by atoms with E-state index in [-0.39, 0.29) is 6.61 Å². The quantitative estimate of drug-likeness (QED) is 0.0424. The minimum atomic E-state index is -1.03. The standard InChI is InChI=1S/C20H23N3O2.C19H21N3O2.C19H21N3O.C18H19N3O2.C18H19N3O.C17H17N3O/c1-19(2,24)8-7-14-5-6-18-16(9-14)17(15-10-21-22-11-15)12-23(18)13-20(3,4)25;1-19(2,23)7-6-14-4-5-18-16(10-14)17(15-11-20-21-12-15)13-22(18)8-9-24-3;1-13(2)22-12-17(15-10-20-21-11-15)16-9-14(5-6-18(16)22)7-8-19(3,4)23;1-18(2,23)6-5-13-3-4-17-15(9-13)16(12-21(17)7-8-22)14-10-19-20-11-14;1-4-21-12-16(14-10-19-20-11-14)15-9-13(5-6-17(15)21)7-8-18(2,3)22;1-17(2,21)7-6-12-4-5-16-14(8-12)15(11-20(16)3)13-9-18-19-10-13/h5-6,9-12,24-25H,13H2,1-4H3,(H,21,22);4-5,10-13,23H,8-9H2,1-3H3,(H,20,21);5-6,9-13,23H,1-4H3,(H,20,21);3-4,9-12,22-23H,7-8H2,1-2H3,(H,19,20);5-6,9-12,22H,4H2,1-3H3,(H,19,20);4-5,8-11,21H,1-3H3,(H,18,19). The molecular formula is C111H120N18O9. The van der Waals surface area contributed by atoms with Crippen molar-refractivity contribution in [1.29, 1.82) is 0 Å². The molecule has 0 spiro atoms. The van der Waals surface area contributed by atoms with E-state index in [0.717, 1.165) is 168 Å². The molecule has 0 amide bonds. The third kappa shape index (κ3) is 26.7. The summed E-state index contributed by atoms with van der Waals surface area (Å²) in [5.74, 6) is 35.3. The molecular weight excluding hydrogens is 1730 g/mol. The van der Waals surface area contributed by atoms with E-state index < -0.39 is 39.2 Å². The Morgan fingerprint density at radius 2 is 0.572 bits per heavy atom. The lowest BCUT2D eigenvalue weighted by atomic mass is 10.0. The Kier molecular flexibility index (Phi) is 30.8. The van der Waals surface area contributed by atoms with Crippen LogP contribution in [0.15, 0.2) is 221 Å². The van der Waals surface area contributed by atoms with Crippen molar-refractivity contribution in [3.63, 3.8) is 0 Å². The van der Waals surface area contributed by atoms with Crippen molar-refractivity contribution in [2.45, 2.75) is 189 Å². The zero-order chi connectivity index (χ0) is 99.2. The van der Waals surface area contributed by atoms with E-state index in [4.69, 9.17) is 4.74 Å². The molecule has 0 unspecified atom stereocenters. The van der Waals surface area contributed by atoms with Gasteiger partial charge in [0.1, 0.15) is 33.6 Å². The molecule has 708 valence electrons. The van der Waals surface area contributed by atoms with Gasteiger partial charge in [0.2, 0.25) is 0 Å². The zero-order valence-electron chi connectivity index (χ0n) is 81.5. The second kappa shape index (κ2) is 42.4. The predicted molar refractivity (Wildman–Crippen MR) is 548 cm³/mol. The summed E-state index contributed by atoms with van der Waals surface area (Å²) in [6.45, 7) is 33.6. The van der Waals surface area contributed by atoms with E-state index in [1.807, 2.05) is 157 Å². The summed E-state index contributed by atoms with van der Waals surface area (Å²) >= 11 is 0. The number of aromatic nitrogens is 18. The van der Waals surface area contributed by atoms with Gasteiger partial charge in [0.25, 0.3) is 0 Å². The molecule has 0 aliphatic carbocycles. The second-order valence-electron chi connectivity index (χ2n) is 37.9. The number of hydrogen-bond donors (Lipinski definition) is 14. The van der Waals surface area contributed by atoms with E-state index in [2.05, 4.69) is 239 Å². The van der Waals surface area contributed by atoms with Crippen molar-refractivity contribution >= 4 is 65.4 Å². The number of rotatable bonds is 15. The number of fused-ring (bicyclic) bond motifs is 6. The molecule has 138 heavy (non-hydrogen) atoms. The van der Waals surface area contributed by atoms with Gasteiger partial charge in [-0.15, -0.1) is 0 Å². The topological polar surface area (TPSA) is 373 Å². The Balaban J connectivity index is 0.000000140. The van der Waals surface area contributed by atoms with Gasteiger partial charge in [-0.1, -0.05) is 71.0 Å². The Morgan fingerprint density at radius 3 is 0.841 bits per heavy atom. The molecule has 6 aromatic carbocycles. The molecule has 0 aliphatic rings. The number of aromatic amines is 6. The van der Waals surface area contributed by atoms with Crippen LogP contribution >= 0.6 is 0 Å². The average molecular weight is 1850 g/mol. The highest BCUT2D eigenvalue weighted by Crippen LogP contribution is 2.39. The number of aliphatic hydroxyl groups is 8. The normalized spacial score (nSPS) is 11.7. The monoisotopic (exact) mass is 1850 g/mol. The van der Waals surface area contributed by atoms with Crippen LogP contribution in [0, 0.1) is 71.0 Å². The SMILES string of the molecule is CC(C)(O)C#Cc1ccc2c(c1)c(-c1cn[nH]c1)cn2CC(C)(C)O.CC(C)(O)C#Cc1ccc2c(c1)c(-c1cn[nH]c1)cn2CCO.CC(C)n1cc(-c2cn[nH]c2)c2cc(C#CC(C)(C)O)ccc21.CCn1cc(-c2cn[nH]c2)c2cc(C#CC(C)(C)O)ccc21.COCCn1cc(-c2cn[nH]c2)c2cc(C#CC(C)(C)O)ccc21.Cn1cc(-c2cn[nH]c2)c2cc(C#CC(C)(C)O)ccc21. The van der Waals surface area contributed by atoms with Gasteiger partial charge < -0.3 is 73.0 Å². The number of aryl methyl sites for hydroxylation is 2. The van der Waals surface area contributed by atoms with Crippen molar-refractivity contribution < 1.29 is 45.6 Å². The fourth-order valence-electron chi connectivity index (χ4n) is 15.3. The smallest absolute Gasteiger partial charge is 0.120 e. The molecule has 18 aromatic rings. The number of ether oxygens (including phenoxy) is 1. The first kappa shape index (κ1) is 100. The molecule has 27 nitrogen and oxygen atoms in total. The van der Waals surface area contributed by atoms with Crippen LogP contribution in [0.2, 0.25) is 0 Å². The fourth-order valence-corrected chi connectivity index (χ4v) is 15.3. The molecule has 0 fully saturated rings. The maximum atomic E-state index is 10.2. The van der Waals surface area contributed by atoms with Gasteiger partial charge in [0, 0.05) is 280 Å². The summed E-state index contributed by atoms with van der Waals surface area (Å²) in [5.41, 5.74) is 17.7. The summed E-state index contributed by atoms with van der Waals surface area (Å²) in [4.78, 5) is 0. The van der Waals surface area contributed by atoms with Crippen LogP contribution in [0.25, 0.3) is 132 Å². The van der Waals surface area contributed by atoms with Crippen LogP contribution in [-0.2, 0) is 38.0 Å². The van der Waals surface area contributed by atoms with Crippen molar-refractivity contribution in [3.05, 3.63) is 254 Å². The Labute approximate surface area is 803 Å². The third-order valence-corrected chi connectivity index (χ3v) is 21.6. The van der Waals surface area contributed by atoms with Crippen molar-refractivity contribution in [1.82, 2.24) is 88.6 Å². The number of hydrogen-bond acceptors (Lipinski definition) is 15. The minimum absolute atomic E-state index is 0.0782. The molecule has 14 N–H and O–H groups in total. The van der Waals surface area contributed by atoms with Gasteiger partial charge in [0.05, 0.1) is 62.5 Å². The van der Waals surface area contributed by atoms with Gasteiger partial charge in [-0.3, -0.25) is 30.6 Å². The molecule has 27 heteroatoms. The first-order chi connectivity index (χ1) is 65.3. The number of nitrogens with zero attached hydrogens (tertiary/aromatic N) is 12. The molecule has 12 heterocycles. The van der Waals surface area contributed by atoms with Crippen LogP contribution in [0.5, 0.6) is 0 Å². The van der Waals surface area contributed by atoms with Crippen LogP contribution in [-0.4, -0.2) is 189 Å². The summed E-state index contributed by atoms with van der Waals surface area (Å²) in [7, 11) is 3.72. The lowest BCUT2D eigenvalue weighted by Gasteiger charge is -2.18. The summed E-state index contributed by atoms with van der Waals surface area (Å²) in [5, 5.41) is 126. The number of benzene rings is 6. The van der Waals surface area contributed by atoms with Gasteiger partial charge in [-0.2, -0.15) is 30.6 Å². The maximum absolute atomic E-state index is 10.2. The molecule has 0 aliphatic heterocycles. The molecule has 0 atom stereocenters. The van der Waals surface area contributed by atoms with Crippen molar-refractivity contribution in [3.8, 4) is 138 Å². The molecule has 12 aromatic heterocycles. The van der Waals surface area contributed by atoms with E-state index >= 15 is 0 Å². The summed E-state index contributed by atoms with van der Waals surface area (Å²) < 4.78 is 18.0. The summed E-state index contributed by atoms with van der Waals surface area (Å²) in [6.07, 6.45) is 34.6. The first-order valence-electron chi connectivity index (χ1n) is 45.4. The van der Waals surface area contributed by atoms with Crippen molar-refractivity contribution in [2.75, 3.05) is 20.3 Å². The van der Waals surface area contributed by atoms with Gasteiger partial charge >= 0.3 is 0 Å². The van der Waals surface area contributed by atoms with E-state index in [0.29, 0.717) is 25.7 Å². The van der Waals surface area contributed by atoms with Crippen LogP contribution in [0.3, 0.4) is 0 Å². The van der Waals surface area contributed by atoms with E-state index in [1.54, 1.807) is 116 Å². The number of methoxy groups -OCH3 is 1. The van der Waals surface area contributed by atoms with Gasteiger partial charge in [-0.25, -0.2) is 0 Å². The first-order valence-corrected chi connectivity index (χ1v) is 45.4. The van der Waals surface area contributed by atoms with Crippen LogP contribution in [0.1, 0.15) is 157 Å². The fraction of sp³-hybridized carbons (Fsp3) is 0.297. The predicted octanol–water partition coefficient (Wildman–Crippen LogP) is 17.5. The number of aliphatic hydroxyl groups excluding tert-OH is 1. The largest absolute Gasteiger partial charge is 0.395 e. The third-order valence-electron chi connectivity index (χ3n) is 21.6. The Bertz CT molecular complexity index is 7640. The van der Waals surface area contributed by atoms with Crippen LogP contribution < -0.4 is 0 Å². The average Bonchev–Trinajstić information content (AvgIpc) is 1.66. The highest BCUT2D eigenvalue weighted by Gasteiger charge is 2.23. The molecule has 0 saturated heterocycles. The highest BCUT2D eigenvalue weighted by molar-refractivity contribution is 6.02. The molecule has 0 bridgehead atoms. The lowest BCUT2D eigenvalue weighted by Crippen LogP contribution is -2.25. The lowest BCUT2D eigenvalue weighted by molar-refractivity contribution is 0.0628. The Hall–Kier alpha value is -15.2. The van der Waals surface area contributed by atoms with E-state index in [9.17, 15) is 40.9 Å². The molecule has 0 saturated carbocycles. The second-order valence-corrected chi connectivity index (χ2v) is 37.9. The Morgan fingerprint density at radius 1 is 0.326 bits per heavy atom. The molecule has 18 rings (SSSR count). The summed E-state index contributed by atoms with van der Waals surface area (Å²) in [6, 6.07) is 36.7. The molecule has 0 radical (unpaired) electrons. The minimum Gasteiger partial charge on any atom is -0.395 e.